The average molecular weight is 680 g/mol. The van der Waals surface area contributed by atoms with E-state index in [-0.39, 0.29) is 30.3 Å². The second-order valence-electron chi connectivity index (χ2n) is 14.0. The highest BCUT2D eigenvalue weighted by Crippen LogP contribution is 2.36. The van der Waals surface area contributed by atoms with E-state index >= 15 is 0 Å². The van der Waals surface area contributed by atoms with Crippen molar-refractivity contribution in [1.82, 2.24) is 24.3 Å². The molecule has 1 N–H and O–H groups in total. The van der Waals surface area contributed by atoms with E-state index in [2.05, 4.69) is 23.6 Å². The molecule has 0 bridgehead atoms. The Kier molecular flexibility index (Phi) is 10.1. The molecular formula is C39H45N5O6. The van der Waals surface area contributed by atoms with Gasteiger partial charge >= 0.3 is 12.1 Å². The highest BCUT2D eigenvalue weighted by atomic mass is 16.6. The first-order valence-corrected chi connectivity index (χ1v) is 17.2. The van der Waals surface area contributed by atoms with Gasteiger partial charge in [-0.05, 0) is 64.2 Å². The number of carbonyl (C=O) groups is 3. The van der Waals surface area contributed by atoms with Gasteiger partial charge in [-0.2, -0.15) is 0 Å². The molecule has 50 heavy (non-hydrogen) atoms. The van der Waals surface area contributed by atoms with Gasteiger partial charge < -0.3 is 33.5 Å². The van der Waals surface area contributed by atoms with E-state index in [0.29, 0.717) is 50.5 Å². The van der Waals surface area contributed by atoms with Crippen LogP contribution in [0, 0.1) is 0 Å². The summed E-state index contributed by atoms with van der Waals surface area (Å²) in [6.45, 7) is 12.4. The minimum Gasteiger partial charge on any atom is -0.475 e. The van der Waals surface area contributed by atoms with E-state index in [0.717, 1.165) is 35.4 Å². The van der Waals surface area contributed by atoms with E-state index in [1.54, 1.807) is 22.2 Å². The smallest absolute Gasteiger partial charge is 0.410 e. The molecule has 6 rings (SSSR count). The lowest BCUT2D eigenvalue weighted by Crippen LogP contribution is -2.55. The van der Waals surface area contributed by atoms with Gasteiger partial charge in [0.15, 0.2) is 0 Å². The average Bonchev–Trinajstić information content (AvgIpc) is 3.71. The molecule has 2 aromatic heterocycles. The minimum atomic E-state index is -1.15. The van der Waals surface area contributed by atoms with Crippen LogP contribution in [0.4, 0.5) is 4.79 Å². The summed E-state index contributed by atoms with van der Waals surface area (Å²) in [5.74, 6) is -0.947. The lowest BCUT2D eigenvalue weighted by Gasteiger charge is -2.43. The van der Waals surface area contributed by atoms with Crippen LogP contribution in [0.2, 0.25) is 0 Å². The number of aromatic carboxylic acids is 1. The van der Waals surface area contributed by atoms with E-state index in [9.17, 15) is 19.5 Å². The lowest BCUT2D eigenvalue weighted by atomic mass is 9.99. The Hall–Kier alpha value is -5.32. The van der Waals surface area contributed by atoms with Crippen molar-refractivity contribution in [3.63, 3.8) is 0 Å². The molecule has 2 aliphatic heterocycles. The number of nitrogens with zero attached hydrogens (tertiary/aromatic N) is 5. The monoisotopic (exact) mass is 679 g/mol. The Balaban J connectivity index is 1.33. The number of amides is 2. The summed E-state index contributed by atoms with van der Waals surface area (Å²) in [6.07, 6.45) is 4.37. The van der Waals surface area contributed by atoms with Crippen molar-refractivity contribution in [3.8, 4) is 11.3 Å². The van der Waals surface area contributed by atoms with E-state index < -0.39 is 17.6 Å². The van der Waals surface area contributed by atoms with Crippen molar-refractivity contribution in [2.45, 2.75) is 70.7 Å². The van der Waals surface area contributed by atoms with Crippen molar-refractivity contribution in [1.29, 1.82) is 0 Å². The second kappa shape index (κ2) is 14.7. The number of carbonyl (C=O) groups excluding carboxylic acids is 2. The lowest BCUT2D eigenvalue weighted by molar-refractivity contribution is -0.135. The van der Waals surface area contributed by atoms with Gasteiger partial charge in [-0.15, -0.1) is 0 Å². The summed E-state index contributed by atoms with van der Waals surface area (Å²) in [4.78, 5) is 49.5. The van der Waals surface area contributed by atoms with E-state index in [4.69, 9.17) is 14.1 Å². The number of imidazole rings is 1. The maximum atomic E-state index is 14.2. The van der Waals surface area contributed by atoms with Crippen molar-refractivity contribution in [3.05, 3.63) is 108 Å². The number of benzene rings is 2. The first-order valence-electron chi connectivity index (χ1n) is 17.2. The number of hydrogen-bond acceptors (Lipinski definition) is 7. The molecular weight excluding hydrogens is 634 g/mol. The van der Waals surface area contributed by atoms with Crippen LogP contribution in [-0.2, 0) is 22.5 Å². The zero-order valence-electron chi connectivity index (χ0n) is 29.0. The number of hydrogen-bond donors (Lipinski definition) is 1. The molecule has 0 aliphatic carbocycles. The zero-order valence-corrected chi connectivity index (χ0v) is 29.0. The van der Waals surface area contributed by atoms with Crippen LogP contribution >= 0.6 is 0 Å². The molecule has 2 atom stereocenters. The maximum Gasteiger partial charge on any atom is 0.410 e. The summed E-state index contributed by atoms with van der Waals surface area (Å²) in [7, 11) is 0. The van der Waals surface area contributed by atoms with Crippen molar-refractivity contribution in [2.75, 3.05) is 26.2 Å². The Morgan fingerprint density at radius 3 is 2.38 bits per heavy atom. The van der Waals surface area contributed by atoms with Crippen molar-refractivity contribution < 1.29 is 28.6 Å². The number of carboxylic acid groups (broad SMARTS) is 1. The van der Waals surface area contributed by atoms with Crippen molar-refractivity contribution >= 4 is 23.7 Å². The molecule has 4 heterocycles. The van der Waals surface area contributed by atoms with Gasteiger partial charge in [-0.3, -0.25) is 4.79 Å². The van der Waals surface area contributed by atoms with Gasteiger partial charge in [-0.1, -0.05) is 67.2 Å². The molecule has 4 aromatic rings. The van der Waals surface area contributed by atoms with E-state index in [1.807, 2.05) is 73.9 Å². The fraction of sp³-hybridized carbons (Fsp3) is 0.385. The predicted octanol–water partition coefficient (Wildman–Crippen LogP) is 6.73. The van der Waals surface area contributed by atoms with Crippen LogP contribution in [0.3, 0.4) is 0 Å². The number of piperazine rings is 1. The summed E-state index contributed by atoms with van der Waals surface area (Å²) < 4.78 is 13.2. The molecule has 2 aliphatic rings. The van der Waals surface area contributed by atoms with Crippen LogP contribution in [0.5, 0.6) is 0 Å². The molecule has 2 fully saturated rings. The highest BCUT2D eigenvalue weighted by molar-refractivity contribution is 5.85. The Labute approximate surface area is 292 Å². The number of aromatic nitrogens is 2. The quantitative estimate of drug-likeness (QED) is 0.207. The third-order valence-corrected chi connectivity index (χ3v) is 9.22. The van der Waals surface area contributed by atoms with Gasteiger partial charge in [-0.25, -0.2) is 14.6 Å². The van der Waals surface area contributed by atoms with Gasteiger partial charge in [0.25, 0.3) is 0 Å². The largest absolute Gasteiger partial charge is 0.475 e. The SMILES string of the molecule is C=C(c1ncn(C2CCCCN(Cc3ccc(C(=O)O)o3)C2=O)c1-c1ccccc1)N1CCN(C(=O)OC(C)(C)C)CC1Cc1ccccc1. The topological polar surface area (TPSA) is 121 Å². The molecule has 2 unspecified atom stereocenters. The number of ether oxygens (including phenoxy) is 1. The third kappa shape index (κ3) is 7.77. The Bertz CT molecular complexity index is 1830. The normalized spacial score (nSPS) is 18.5. The van der Waals surface area contributed by atoms with Crippen molar-refractivity contribution in [2.24, 2.45) is 0 Å². The fourth-order valence-electron chi connectivity index (χ4n) is 6.86. The van der Waals surface area contributed by atoms with Gasteiger partial charge in [0.05, 0.1) is 30.3 Å². The molecule has 11 nitrogen and oxygen atoms in total. The summed E-state index contributed by atoms with van der Waals surface area (Å²) >= 11 is 0. The van der Waals surface area contributed by atoms with Crippen LogP contribution in [-0.4, -0.2) is 85.1 Å². The first kappa shape index (κ1) is 34.5. The number of carboxylic acids is 1. The highest BCUT2D eigenvalue weighted by Gasteiger charge is 2.36. The Morgan fingerprint density at radius 1 is 0.980 bits per heavy atom. The predicted molar refractivity (Wildman–Crippen MR) is 189 cm³/mol. The van der Waals surface area contributed by atoms with Crippen LogP contribution in [0.15, 0.2) is 90.1 Å². The molecule has 0 radical (unpaired) electrons. The molecule has 2 saturated heterocycles. The molecule has 2 aromatic carbocycles. The summed E-state index contributed by atoms with van der Waals surface area (Å²) in [5, 5.41) is 9.32. The summed E-state index contributed by atoms with van der Waals surface area (Å²) in [5.41, 5.74) is 3.66. The first-order chi connectivity index (χ1) is 24.0. The maximum absolute atomic E-state index is 14.2. The van der Waals surface area contributed by atoms with Crippen LogP contribution < -0.4 is 0 Å². The second-order valence-corrected chi connectivity index (χ2v) is 14.0. The number of rotatable bonds is 9. The minimum absolute atomic E-state index is 0.0737. The van der Waals surface area contributed by atoms with Crippen LogP contribution in [0.25, 0.3) is 17.0 Å². The fourth-order valence-corrected chi connectivity index (χ4v) is 6.86. The summed E-state index contributed by atoms with van der Waals surface area (Å²) in [6, 6.07) is 22.5. The van der Waals surface area contributed by atoms with E-state index in [1.165, 1.54) is 6.07 Å². The third-order valence-electron chi connectivity index (χ3n) is 9.22. The molecule has 0 spiro atoms. The number of furan rings is 1. The van der Waals surface area contributed by atoms with Gasteiger partial charge in [0.1, 0.15) is 23.1 Å². The standard InChI is InChI=1S/C39H45N5O6/c1-27(43-22-21-42(38(48)50-39(2,3)4)24-30(43)23-28-13-7-5-8-14-28)34-35(29-15-9-6-10-16-29)44(26-40-34)32-17-11-12-20-41(36(32)45)25-31-18-19-33(49-31)37(46)47/h5-10,13-16,18-19,26,30,32H,1,11-12,17,20-25H2,2-4H3,(H,46,47). The zero-order chi connectivity index (χ0) is 35.4. The molecule has 0 saturated carbocycles. The molecule has 2 amide bonds. The van der Waals surface area contributed by atoms with Gasteiger partial charge in [0.2, 0.25) is 11.7 Å². The van der Waals surface area contributed by atoms with Crippen LogP contribution in [0.1, 0.15) is 73.6 Å². The Morgan fingerprint density at radius 2 is 1.70 bits per heavy atom. The molecule has 11 heteroatoms. The number of likely N-dealkylation sites (tertiary alicyclic amines) is 1. The van der Waals surface area contributed by atoms with Gasteiger partial charge in [0, 0.05) is 31.7 Å². The molecule has 262 valence electrons.